The van der Waals surface area contributed by atoms with Gasteiger partial charge in [0.15, 0.2) is 0 Å². The molecule has 0 amide bonds. The molecule has 2 aromatic heterocycles. The number of esters is 1. The number of carbonyl (C=O) groups excluding carboxylic acids is 1. The zero-order chi connectivity index (χ0) is 11.4. The lowest BCUT2D eigenvalue weighted by molar-refractivity contribution is -0.139. The lowest BCUT2D eigenvalue weighted by Crippen LogP contribution is -2.05. The van der Waals surface area contributed by atoms with Gasteiger partial charge in [0.1, 0.15) is 12.2 Å². The summed E-state index contributed by atoms with van der Waals surface area (Å²) < 4.78 is 4.56. The fourth-order valence-corrected chi connectivity index (χ4v) is 1.33. The molecule has 0 bridgehead atoms. The minimum Gasteiger partial charge on any atom is -0.469 e. The van der Waals surface area contributed by atoms with Crippen LogP contribution in [0.25, 0.3) is 11.3 Å². The highest BCUT2D eigenvalue weighted by molar-refractivity contribution is 5.71. The van der Waals surface area contributed by atoms with Crippen LogP contribution in [0.4, 0.5) is 0 Å². The number of aromatic amines is 1. The van der Waals surface area contributed by atoms with Gasteiger partial charge in [-0.1, -0.05) is 0 Å². The van der Waals surface area contributed by atoms with Gasteiger partial charge in [-0.2, -0.15) is 0 Å². The van der Waals surface area contributed by atoms with Crippen LogP contribution in [-0.2, 0) is 16.0 Å². The topological polar surface area (TPSA) is 67.9 Å². The van der Waals surface area contributed by atoms with E-state index in [4.69, 9.17) is 0 Å². The highest BCUT2D eigenvalue weighted by atomic mass is 16.5. The predicted octanol–water partition coefficient (Wildman–Crippen LogP) is 1.19. The Kier molecular flexibility index (Phi) is 2.95. The first-order chi connectivity index (χ1) is 7.79. The SMILES string of the molecule is COC(=O)Cc1ncc(-c2cccnc2)[nH]1. The Bertz CT molecular complexity index is 479. The first kappa shape index (κ1) is 10.4. The van der Waals surface area contributed by atoms with E-state index < -0.39 is 0 Å². The largest absolute Gasteiger partial charge is 0.469 e. The molecular weight excluding hydrogens is 206 g/mol. The number of nitrogens with zero attached hydrogens (tertiary/aromatic N) is 2. The Morgan fingerprint density at radius 3 is 3.06 bits per heavy atom. The molecule has 2 rings (SSSR count). The van der Waals surface area contributed by atoms with Gasteiger partial charge in [-0.05, 0) is 12.1 Å². The van der Waals surface area contributed by atoms with Crippen LogP contribution in [0, 0.1) is 0 Å². The number of methoxy groups -OCH3 is 1. The third-order valence-electron chi connectivity index (χ3n) is 2.14. The summed E-state index contributed by atoms with van der Waals surface area (Å²) in [7, 11) is 1.35. The summed E-state index contributed by atoms with van der Waals surface area (Å²) >= 11 is 0. The van der Waals surface area contributed by atoms with E-state index in [-0.39, 0.29) is 12.4 Å². The molecule has 0 atom stereocenters. The van der Waals surface area contributed by atoms with E-state index in [0.717, 1.165) is 11.3 Å². The molecular formula is C11H11N3O2. The highest BCUT2D eigenvalue weighted by Crippen LogP contribution is 2.15. The standard InChI is InChI=1S/C11H11N3O2/c1-16-11(15)5-10-13-7-9(14-10)8-3-2-4-12-6-8/h2-4,6-7H,5H2,1H3,(H,13,14). The van der Waals surface area contributed by atoms with Crippen molar-refractivity contribution in [2.24, 2.45) is 0 Å². The summed E-state index contributed by atoms with van der Waals surface area (Å²) in [6.45, 7) is 0. The molecule has 0 fully saturated rings. The smallest absolute Gasteiger partial charge is 0.313 e. The maximum atomic E-state index is 11.0. The number of pyridine rings is 1. The van der Waals surface area contributed by atoms with Crippen molar-refractivity contribution < 1.29 is 9.53 Å². The predicted molar refractivity (Wildman–Crippen MR) is 57.5 cm³/mol. The number of H-pyrrole nitrogens is 1. The number of hydrogen-bond acceptors (Lipinski definition) is 4. The summed E-state index contributed by atoms with van der Waals surface area (Å²) in [6, 6.07) is 3.76. The minimum absolute atomic E-state index is 0.150. The Balaban J connectivity index is 2.17. The van der Waals surface area contributed by atoms with Crippen LogP contribution in [0.15, 0.2) is 30.7 Å². The van der Waals surface area contributed by atoms with E-state index in [1.807, 2.05) is 12.1 Å². The lowest BCUT2D eigenvalue weighted by atomic mass is 10.2. The van der Waals surface area contributed by atoms with Crippen LogP contribution in [0.3, 0.4) is 0 Å². The second kappa shape index (κ2) is 4.57. The average molecular weight is 217 g/mol. The molecule has 0 aromatic carbocycles. The molecule has 0 spiro atoms. The minimum atomic E-state index is -0.313. The van der Waals surface area contributed by atoms with E-state index >= 15 is 0 Å². The molecule has 2 heterocycles. The number of aromatic nitrogens is 3. The molecule has 0 radical (unpaired) electrons. The molecule has 0 saturated carbocycles. The average Bonchev–Trinajstić information content (AvgIpc) is 2.78. The Labute approximate surface area is 92.5 Å². The van der Waals surface area contributed by atoms with E-state index in [1.54, 1.807) is 18.6 Å². The molecule has 0 aliphatic carbocycles. The summed E-state index contributed by atoms with van der Waals surface area (Å²) in [5, 5.41) is 0. The number of nitrogens with one attached hydrogen (secondary N) is 1. The first-order valence-corrected chi connectivity index (χ1v) is 4.80. The van der Waals surface area contributed by atoms with E-state index in [0.29, 0.717) is 5.82 Å². The highest BCUT2D eigenvalue weighted by Gasteiger charge is 2.07. The summed E-state index contributed by atoms with van der Waals surface area (Å²) in [5.74, 6) is 0.276. The zero-order valence-electron chi connectivity index (χ0n) is 8.80. The lowest BCUT2D eigenvalue weighted by Gasteiger charge is -1.96. The van der Waals surface area contributed by atoms with Crippen molar-refractivity contribution in [2.45, 2.75) is 6.42 Å². The number of imidazole rings is 1. The van der Waals surface area contributed by atoms with Crippen molar-refractivity contribution in [2.75, 3.05) is 7.11 Å². The van der Waals surface area contributed by atoms with Gasteiger partial charge in [-0.3, -0.25) is 9.78 Å². The summed E-state index contributed by atoms with van der Waals surface area (Å²) in [4.78, 5) is 22.2. The van der Waals surface area contributed by atoms with Crippen molar-refractivity contribution in [1.29, 1.82) is 0 Å². The van der Waals surface area contributed by atoms with Crippen molar-refractivity contribution in [3.05, 3.63) is 36.5 Å². The van der Waals surface area contributed by atoms with Crippen molar-refractivity contribution in [3.63, 3.8) is 0 Å². The van der Waals surface area contributed by atoms with Gasteiger partial charge in [-0.25, -0.2) is 4.98 Å². The fraction of sp³-hybridized carbons (Fsp3) is 0.182. The van der Waals surface area contributed by atoms with Crippen LogP contribution in [0.5, 0.6) is 0 Å². The second-order valence-electron chi connectivity index (χ2n) is 3.24. The van der Waals surface area contributed by atoms with Crippen LogP contribution in [0.2, 0.25) is 0 Å². The van der Waals surface area contributed by atoms with Gasteiger partial charge in [0.2, 0.25) is 0 Å². The van der Waals surface area contributed by atoms with Crippen LogP contribution in [-0.4, -0.2) is 28.0 Å². The first-order valence-electron chi connectivity index (χ1n) is 4.80. The quantitative estimate of drug-likeness (QED) is 0.784. The van der Waals surface area contributed by atoms with Gasteiger partial charge in [0.25, 0.3) is 0 Å². The Morgan fingerprint density at radius 2 is 2.38 bits per heavy atom. The number of carbonyl (C=O) groups is 1. The molecule has 0 aliphatic heterocycles. The van der Waals surface area contributed by atoms with Gasteiger partial charge in [-0.15, -0.1) is 0 Å². The Morgan fingerprint density at radius 1 is 1.50 bits per heavy atom. The molecule has 16 heavy (non-hydrogen) atoms. The normalized spacial score (nSPS) is 10.1. The van der Waals surface area contributed by atoms with Gasteiger partial charge >= 0.3 is 5.97 Å². The van der Waals surface area contributed by atoms with E-state index in [1.165, 1.54) is 7.11 Å². The molecule has 5 nitrogen and oxygen atoms in total. The van der Waals surface area contributed by atoms with E-state index in [9.17, 15) is 4.79 Å². The fourth-order valence-electron chi connectivity index (χ4n) is 1.33. The van der Waals surface area contributed by atoms with Gasteiger partial charge < -0.3 is 9.72 Å². The van der Waals surface area contributed by atoms with Gasteiger partial charge in [0.05, 0.1) is 19.0 Å². The molecule has 2 aromatic rings. The Hall–Kier alpha value is -2.17. The van der Waals surface area contributed by atoms with Crippen molar-refractivity contribution >= 4 is 5.97 Å². The van der Waals surface area contributed by atoms with E-state index in [2.05, 4.69) is 19.7 Å². The van der Waals surface area contributed by atoms with Gasteiger partial charge in [0, 0.05) is 18.0 Å². The summed E-state index contributed by atoms with van der Waals surface area (Å²) in [5.41, 5.74) is 1.78. The molecule has 1 N–H and O–H groups in total. The summed E-state index contributed by atoms with van der Waals surface area (Å²) in [6.07, 6.45) is 5.26. The van der Waals surface area contributed by atoms with Crippen molar-refractivity contribution in [3.8, 4) is 11.3 Å². The van der Waals surface area contributed by atoms with Crippen LogP contribution < -0.4 is 0 Å². The third-order valence-corrected chi connectivity index (χ3v) is 2.14. The third kappa shape index (κ3) is 2.25. The van der Waals surface area contributed by atoms with Crippen molar-refractivity contribution in [1.82, 2.24) is 15.0 Å². The molecule has 82 valence electrons. The number of rotatable bonds is 3. The number of ether oxygens (including phenoxy) is 1. The molecule has 0 unspecified atom stereocenters. The molecule has 5 heteroatoms. The van der Waals surface area contributed by atoms with Crippen LogP contribution >= 0.6 is 0 Å². The maximum absolute atomic E-state index is 11.0. The number of hydrogen-bond donors (Lipinski definition) is 1. The zero-order valence-corrected chi connectivity index (χ0v) is 8.80. The molecule has 0 saturated heterocycles. The molecule has 0 aliphatic rings. The van der Waals surface area contributed by atoms with Crippen LogP contribution in [0.1, 0.15) is 5.82 Å². The monoisotopic (exact) mass is 217 g/mol. The maximum Gasteiger partial charge on any atom is 0.313 e. The second-order valence-corrected chi connectivity index (χ2v) is 3.24.